The Kier molecular flexibility index (Phi) is 35.7. The largest absolute Gasteiger partial charge is 0.504 e. The van der Waals surface area contributed by atoms with E-state index >= 15 is 0 Å². The summed E-state index contributed by atoms with van der Waals surface area (Å²) in [5.41, 5.74) is 1.25. The van der Waals surface area contributed by atoms with Crippen LogP contribution in [0.5, 0.6) is 0 Å². The zero-order valence-corrected chi connectivity index (χ0v) is 15.2. The first-order valence-electron chi connectivity index (χ1n) is 3.97. The molecule has 72 valence electrons. The van der Waals surface area contributed by atoms with Gasteiger partial charge in [0.05, 0.1) is 0 Å². The fourth-order valence-corrected chi connectivity index (χ4v) is 0.604. The van der Waals surface area contributed by atoms with Crippen LogP contribution in [-0.2, 0) is 65.4 Å². The van der Waals surface area contributed by atoms with Crippen molar-refractivity contribution in [2.24, 2.45) is 0 Å². The summed E-state index contributed by atoms with van der Waals surface area (Å²) < 4.78 is 0. The molecule has 2 heteroatoms. The molecule has 0 fully saturated rings. The Morgan fingerprint density at radius 2 is 1.62 bits per heavy atom. The SMILES string of the molecule is C=C(C)C[C-](C)C.C=[C-]CC.[Y].[Y]. The van der Waals surface area contributed by atoms with Crippen molar-refractivity contribution in [2.75, 3.05) is 0 Å². The molecule has 0 amide bonds. The number of hydrogen-bond acceptors (Lipinski definition) is 0. The van der Waals surface area contributed by atoms with Crippen LogP contribution in [0.1, 0.15) is 40.5 Å². The second-order valence-electron chi connectivity index (χ2n) is 2.94. The van der Waals surface area contributed by atoms with Gasteiger partial charge in [0.2, 0.25) is 0 Å². The first-order chi connectivity index (χ1) is 5.04. The van der Waals surface area contributed by atoms with Crippen molar-refractivity contribution in [3.8, 4) is 0 Å². The van der Waals surface area contributed by atoms with Gasteiger partial charge in [0.15, 0.2) is 0 Å². The molecule has 0 bridgehead atoms. The van der Waals surface area contributed by atoms with Crippen molar-refractivity contribution in [1.82, 2.24) is 0 Å². The predicted molar refractivity (Wildman–Crippen MR) is 53.2 cm³/mol. The van der Waals surface area contributed by atoms with Crippen LogP contribution in [0.25, 0.3) is 0 Å². The first kappa shape index (κ1) is 24.1. The maximum atomic E-state index is 3.77. The molecule has 0 aliphatic carbocycles. The van der Waals surface area contributed by atoms with Gasteiger partial charge in [-0.2, -0.15) is 26.7 Å². The van der Waals surface area contributed by atoms with E-state index in [1.54, 1.807) is 0 Å². The molecule has 0 atom stereocenters. The molecular formula is C11H20Y2-2. The van der Waals surface area contributed by atoms with Gasteiger partial charge in [0.1, 0.15) is 0 Å². The Hall–Kier alpha value is 1.69. The van der Waals surface area contributed by atoms with Crippen molar-refractivity contribution in [3.05, 3.63) is 30.7 Å². The summed E-state index contributed by atoms with van der Waals surface area (Å²) in [6.07, 6.45) is 4.72. The fourth-order valence-electron chi connectivity index (χ4n) is 0.604. The zero-order valence-electron chi connectivity index (χ0n) is 9.48. The molecule has 2 radical (unpaired) electrons. The predicted octanol–water partition coefficient (Wildman–Crippen LogP) is 3.95. The number of allylic oxidation sites excluding steroid dienone is 2. The van der Waals surface area contributed by atoms with Crippen LogP contribution in [-0.4, -0.2) is 0 Å². The minimum atomic E-state index is 0. The third-order valence-corrected chi connectivity index (χ3v) is 0.905. The van der Waals surface area contributed by atoms with Crippen molar-refractivity contribution >= 4 is 0 Å². The summed E-state index contributed by atoms with van der Waals surface area (Å²) in [5, 5.41) is 0. The van der Waals surface area contributed by atoms with E-state index in [1.165, 1.54) is 11.5 Å². The monoisotopic (exact) mass is 330 g/mol. The Bertz CT molecular complexity index is 107. The topological polar surface area (TPSA) is 0 Å². The van der Waals surface area contributed by atoms with Gasteiger partial charge in [-0.05, 0) is 6.92 Å². The molecule has 0 unspecified atom stereocenters. The van der Waals surface area contributed by atoms with Crippen LogP contribution in [0, 0.1) is 12.0 Å². The molecule has 0 aliphatic heterocycles. The van der Waals surface area contributed by atoms with E-state index in [0.717, 1.165) is 12.8 Å². The summed E-state index contributed by atoms with van der Waals surface area (Å²) in [5.74, 6) is 1.44. The summed E-state index contributed by atoms with van der Waals surface area (Å²) >= 11 is 0. The average molecular weight is 330 g/mol. The Morgan fingerprint density at radius 3 is 1.62 bits per heavy atom. The van der Waals surface area contributed by atoms with Gasteiger partial charge >= 0.3 is 0 Å². The van der Waals surface area contributed by atoms with Crippen LogP contribution < -0.4 is 0 Å². The van der Waals surface area contributed by atoms with Crippen molar-refractivity contribution in [1.29, 1.82) is 0 Å². The molecule has 0 aromatic carbocycles. The van der Waals surface area contributed by atoms with Crippen LogP contribution in [0.15, 0.2) is 18.7 Å². The minimum Gasteiger partial charge on any atom is -0.504 e. The molecule has 0 saturated carbocycles. The molecule has 0 N–H and O–H groups in total. The third-order valence-electron chi connectivity index (χ3n) is 0.905. The van der Waals surface area contributed by atoms with Gasteiger partial charge in [-0.25, -0.2) is 0 Å². The summed E-state index contributed by atoms with van der Waals surface area (Å²) in [6.45, 7) is 15.4. The molecule has 0 nitrogen and oxygen atoms in total. The van der Waals surface area contributed by atoms with Crippen LogP contribution in [0.2, 0.25) is 0 Å². The molecule has 0 aromatic rings. The zero-order chi connectivity index (χ0) is 9.28. The molecule has 0 aliphatic rings. The minimum absolute atomic E-state index is 0. The Balaban J connectivity index is -0.0000000600. The van der Waals surface area contributed by atoms with Crippen molar-refractivity contribution in [3.63, 3.8) is 0 Å². The second kappa shape index (κ2) is 19.3. The standard InChI is InChI=1S/C7H13.C4H7.2Y/c1-6(2)5-7(3)4;1-3-4-2;;/h1,5H2,2-4H3;1,4H2,2H3;;/q2*-1;;. The van der Waals surface area contributed by atoms with E-state index < -0.39 is 0 Å². The molecule has 0 spiro atoms. The molecule has 0 saturated heterocycles. The van der Waals surface area contributed by atoms with Gasteiger partial charge in [-0.1, -0.05) is 6.92 Å². The summed E-state index contributed by atoms with van der Waals surface area (Å²) in [4.78, 5) is 0. The molecule has 13 heavy (non-hydrogen) atoms. The van der Waals surface area contributed by atoms with Crippen molar-refractivity contribution < 1.29 is 65.4 Å². The molecule has 0 heterocycles. The van der Waals surface area contributed by atoms with Crippen LogP contribution in [0.4, 0.5) is 0 Å². The van der Waals surface area contributed by atoms with Gasteiger partial charge in [0, 0.05) is 65.4 Å². The Labute approximate surface area is 135 Å². The Morgan fingerprint density at radius 1 is 1.31 bits per heavy atom. The van der Waals surface area contributed by atoms with E-state index in [4.69, 9.17) is 0 Å². The normalized spacial score (nSPS) is 7.15. The number of hydrogen-bond donors (Lipinski definition) is 0. The average Bonchev–Trinajstić information content (AvgIpc) is 1.85. The fraction of sp³-hybridized carbons (Fsp3) is 0.545. The van der Waals surface area contributed by atoms with Gasteiger partial charge in [-0.15, -0.1) is 12.2 Å². The summed E-state index contributed by atoms with van der Waals surface area (Å²) in [6, 6.07) is 0. The van der Waals surface area contributed by atoms with E-state index in [2.05, 4.69) is 33.1 Å². The van der Waals surface area contributed by atoms with Crippen molar-refractivity contribution in [2.45, 2.75) is 40.5 Å². The van der Waals surface area contributed by atoms with E-state index in [9.17, 15) is 0 Å². The van der Waals surface area contributed by atoms with Gasteiger partial charge in [-0.3, -0.25) is 6.58 Å². The van der Waals surface area contributed by atoms with Crippen LogP contribution in [0.3, 0.4) is 0 Å². The van der Waals surface area contributed by atoms with E-state index in [1.807, 2.05) is 13.8 Å². The number of rotatable bonds is 3. The second-order valence-corrected chi connectivity index (χ2v) is 2.94. The summed E-state index contributed by atoms with van der Waals surface area (Å²) in [7, 11) is 0. The van der Waals surface area contributed by atoms with Crippen LogP contribution >= 0.6 is 0 Å². The first-order valence-corrected chi connectivity index (χ1v) is 3.97. The maximum Gasteiger partial charge on any atom is 0 e. The molecular weight excluding hydrogens is 310 g/mol. The maximum absolute atomic E-state index is 3.77. The van der Waals surface area contributed by atoms with E-state index in [0.29, 0.717) is 0 Å². The quantitative estimate of drug-likeness (QED) is 0.543. The van der Waals surface area contributed by atoms with Gasteiger partial charge in [0.25, 0.3) is 0 Å². The smallest absolute Gasteiger partial charge is 0 e. The van der Waals surface area contributed by atoms with Gasteiger partial charge < -0.3 is 12.0 Å². The van der Waals surface area contributed by atoms with E-state index in [-0.39, 0.29) is 65.4 Å². The molecule has 0 rings (SSSR count). The third kappa shape index (κ3) is 41.8. The molecule has 0 aromatic heterocycles.